The highest BCUT2D eigenvalue weighted by Gasteiger charge is 2.48. The van der Waals surface area contributed by atoms with E-state index in [4.69, 9.17) is 47.4 Å². The number of ether oxygens (including phenoxy) is 10. The summed E-state index contributed by atoms with van der Waals surface area (Å²) in [5.74, 6) is 0. The highest BCUT2D eigenvalue weighted by Crippen LogP contribution is 2.56. The van der Waals surface area contributed by atoms with Crippen LogP contribution in [0.2, 0.25) is 0 Å². The van der Waals surface area contributed by atoms with Gasteiger partial charge in [-0.2, -0.15) is 0 Å². The Morgan fingerprint density at radius 1 is 0.109 bits per heavy atom. The second-order valence-electron chi connectivity index (χ2n) is 39.0. The lowest BCUT2D eigenvalue weighted by Crippen LogP contribution is -2.37. The van der Waals surface area contributed by atoms with E-state index in [1.165, 1.54) is 385 Å². The summed E-state index contributed by atoms with van der Waals surface area (Å²) in [7, 11) is 0. The summed E-state index contributed by atoms with van der Waals surface area (Å²) < 4.78 is 55.2. The molecule has 22 fully saturated rings. The van der Waals surface area contributed by atoms with Crippen molar-refractivity contribution in [2.75, 3.05) is 106 Å². The molecule has 10 nitrogen and oxygen atoms in total. The predicted octanol–water partition coefficient (Wildman–Crippen LogP) is 24.1. The van der Waals surface area contributed by atoms with E-state index in [1.807, 2.05) is 0 Å². The van der Waals surface area contributed by atoms with Crippen molar-refractivity contribution in [1.29, 1.82) is 0 Å². The molecule has 10 heteroatoms. The minimum atomic E-state index is 0.358. The molecule has 0 aromatic heterocycles. The average Bonchev–Trinajstić information content (AvgIpc) is 1.70. The fourth-order valence-electron chi connectivity index (χ4n) is 22.9. The SMILES string of the molecule is C1CC2(C1)CCC2.C1CC2(CCO1)CC2.C1CCC2(C1)CCOC2.C1CCC2(CC1)CCCCO2.C1CCC2(CC1)CCCOC2.C1CCC2(CC1)CCOC2.C1CCC2(CC1)CCOCC2.C1CCC2(CCCC2)OC1.C1COC2(C1)CC2.C1COC2(C1)CCC2.C1COCC2(C1)CCC2. The predicted molar refractivity (Wildman–Crippen MR) is 412 cm³/mol. The summed E-state index contributed by atoms with van der Waals surface area (Å²) in [6.07, 6.45) is 90.3. The number of hydrogen-bond acceptors (Lipinski definition) is 10. The molecular formula is C91H160O10. The highest BCUT2D eigenvalue weighted by atomic mass is 16.5. The summed E-state index contributed by atoms with van der Waals surface area (Å²) in [4.78, 5) is 0. The first-order valence-corrected chi connectivity index (χ1v) is 45.6. The molecule has 22 aliphatic rings. The van der Waals surface area contributed by atoms with Gasteiger partial charge in [0.05, 0.1) is 48.8 Å². The van der Waals surface area contributed by atoms with Gasteiger partial charge < -0.3 is 47.4 Å². The molecule has 11 spiro atoms. The Morgan fingerprint density at radius 2 is 0.307 bits per heavy atom. The molecule has 0 atom stereocenters. The van der Waals surface area contributed by atoms with Gasteiger partial charge in [-0.1, -0.05) is 122 Å². The van der Waals surface area contributed by atoms with Crippen molar-refractivity contribution in [3.8, 4) is 0 Å². The first kappa shape index (κ1) is 80.1. The minimum Gasteiger partial charge on any atom is -0.381 e. The largest absolute Gasteiger partial charge is 0.381 e. The maximum atomic E-state index is 5.91. The second kappa shape index (κ2) is 40.0. The lowest BCUT2D eigenvalue weighted by Gasteiger charge is -2.49. The van der Waals surface area contributed by atoms with Crippen LogP contribution in [0.3, 0.4) is 0 Å². The Hall–Kier alpha value is -0.400. The molecule has 10 aliphatic heterocycles. The van der Waals surface area contributed by atoms with Gasteiger partial charge >= 0.3 is 0 Å². The molecule has 0 bridgehead atoms. The van der Waals surface area contributed by atoms with Crippen LogP contribution in [0.15, 0.2) is 0 Å². The van der Waals surface area contributed by atoms with E-state index >= 15 is 0 Å². The lowest BCUT2D eigenvalue weighted by atomic mass is 9.56. The van der Waals surface area contributed by atoms with Crippen molar-refractivity contribution in [2.24, 2.45) is 37.9 Å². The molecule has 12 aliphatic carbocycles. The van der Waals surface area contributed by atoms with Gasteiger partial charge in [-0.25, -0.2) is 0 Å². The van der Waals surface area contributed by atoms with Gasteiger partial charge in [-0.05, 0) is 327 Å². The van der Waals surface area contributed by atoms with E-state index in [0.29, 0.717) is 44.1 Å². The summed E-state index contributed by atoms with van der Waals surface area (Å²) in [6, 6.07) is 0. The molecular weight excluding hydrogens is 1250 g/mol. The molecule has 10 saturated heterocycles. The van der Waals surface area contributed by atoms with Crippen molar-refractivity contribution in [2.45, 2.75) is 433 Å². The molecule has 0 aromatic rings. The topological polar surface area (TPSA) is 92.3 Å². The third-order valence-electron chi connectivity index (χ3n) is 31.5. The zero-order valence-corrected chi connectivity index (χ0v) is 66.2. The Bertz CT molecular complexity index is 1970. The maximum absolute atomic E-state index is 5.91. The van der Waals surface area contributed by atoms with Crippen molar-refractivity contribution >= 4 is 0 Å². The minimum absolute atomic E-state index is 0.358. The van der Waals surface area contributed by atoms with Crippen molar-refractivity contribution in [1.82, 2.24) is 0 Å². The Morgan fingerprint density at radius 3 is 0.564 bits per heavy atom. The van der Waals surface area contributed by atoms with Gasteiger partial charge in [-0.15, -0.1) is 0 Å². The van der Waals surface area contributed by atoms with E-state index in [0.717, 1.165) is 122 Å². The molecule has 0 radical (unpaired) electrons. The third-order valence-corrected chi connectivity index (χ3v) is 31.5. The summed E-state index contributed by atoms with van der Waals surface area (Å²) in [6.45, 7) is 16.6. The summed E-state index contributed by atoms with van der Waals surface area (Å²) in [5, 5.41) is 0. The van der Waals surface area contributed by atoms with Crippen LogP contribution in [-0.2, 0) is 47.4 Å². The van der Waals surface area contributed by atoms with E-state index in [9.17, 15) is 0 Å². The molecule has 0 N–H and O–H groups in total. The highest BCUT2D eigenvalue weighted by molar-refractivity contribution is 4.99. The molecule has 584 valence electrons. The first-order valence-electron chi connectivity index (χ1n) is 45.6. The van der Waals surface area contributed by atoms with Gasteiger partial charge in [0, 0.05) is 79.3 Å². The lowest BCUT2D eigenvalue weighted by molar-refractivity contribution is -0.0993. The van der Waals surface area contributed by atoms with E-state index in [2.05, 4.69) is 0 Å². The van der Waals surface area contributed by atoms with E-state index in [1.54, 1.807) is 25.7 Å². The molecule has 10 heterocycles. The summed E-state index contributed by atoms with van der Waals surface area (Å²) in [5.41, 5.74) is 6.70. The smallest absolute Gasteiger partial charge is 0.0685 e. The second-order valence-corrected chi connectivity index (χ2v) is 39.0. The number of hydrogen-bond donors (Lipinski definition) is 0. The van der Waals surface area contributed by atoms with Crippen molar-refractivity contribution in [3.63, 3.8) is 0 Å². The Kier molecular flexibility index (Phi) is 31.7. The average molecular weight is 1410 g/mol. The molecule has 101 heavy (non-hydrogen) atoms. The van der Waals surface area contributed by atoms with Crippen LogP contribution in [0.5, 0.6) is 0 Å². The van der Waals surface area contributed by atoms with Crippen LogP contribution in [-0.4, -0.2) is 128 Å². The molecule has 0 unspecified atom stereocenters. The Balaban J connectivity index is 0.000000105. The third kappa shape index (κ3) is 24.8. The van der Waals surface area contributed by atoms with E-state index in [-0.39, 0.29) is 0 Å². The number of rotatable bonds is 0. The monoisotopic (exact) mass is 1410 g/mol. The Labute approximate surface area is 621 Å². The molecule has 22 rings (SSSR count). The zero-order chi connectivity index (χ0) is 69.1. The fraction of sp³-hybridized carbons (Fsp3) is 1.00. The van der Waals surface area contributed by atoms with Crippen LogP contribution >= 0.6 is 0 Å². The first-order chi connectivity index (χ1) is 49.6. The molecule has 12 saturated carbocycles. The van der Waals surface area contributed by atoms with Crippen LogP contribution in [0.1, 0.15) is 411 Å². The van der Waals surface area contributed by atoms with Gasteiger partial charge in [0.1, 0.15) is 0 Å². The van der Waals surface area contributed by atoms with Gasteiger partial charge in [0.15, 0.2) is 0 Å². The van der Waals surface area contributed by atoms with Gasteiger partial charge in [-0.3, -0.25) is 0 Å². The van der Waals surface area contributed by atoms with Crippen LogP contribution in [0, 0.1) is 37.9 Å². The normalized spacial score (nSPS) is 31.8. The van der Waals surface area contributed by atoms with Crippen molar-refractivity contribution in [3.05, 3.63) is 0 Å². The van der Waals surface area contributed by atoms with Crippen LogP contribution in [0.4, 0.5) is 0 Å². The van der Waals surface area contributed by atoms with Crippen LogP contribution in [0.25, 0.3) is 0 Å². The molecule has 0 aromatic carbocycles. The van der Waals surface area contributed by atoms with Gasteiger partial charge in [0.2, 0.25) is 0 Å². The van der Waals surface area contributed by atoms with E-state index < -0.39 is 0 Å². The van der Waals surface area contributed by atoms with Gasteiger partial charge in [0.25, 0.3) is 0 Å². The summed E-state index contributed by atoms with van der Waals surface area (Å²) >= 11 is 0. The zero-order valence-electron chi connectivity index (χ0n) is 66.2. The van der Waals surface area contributed by atoms with Crippen molar-refractivity contribution < 1.29 is 47.4 Å². The van der Waals surface area contributed by atoms with Crippen LogP contribution < -0.4 is 0 Å². The standard InChI is InChI=1S/3C10H18O.2C9H16O.2C8H14O.2C7H12O.C7H12.C6H10O/c1-2-6-10(7-3-1)8-4-5-9-11-10;1-2-5-10(6-3-1)7-4-8-11-9-10;1-2-4-10(5-3-1)6-8-11-9-7-10;1-2-6-9(5-1)7-3-4-8-10-9;1-2-4-9(5-3-1)6-7-10-8-9;1-3-8(4-1)5-2-6-9-7-8;1-2-4-8(3-1)5-6-9-7-8;1-3-7(4-1)5-2-6-8-7;1-2-7(1)3-5-8-6-4-7;1-3-7(4-1)5-2-6-7;1-2-6(3-4-6)7-5-1/h3*1-9H2;2*1-8H2;2*1-7H2;2*1-6H2;1-6H2;1-5H2. The maximum Gasteiger partial charge on any atom is 0.0685 e. The quantitative estimate of drug-likeness (QED) is 0.233. The fourth-order valence-corrected chi connectivity index (χ4v) is 22.9. The molecule has 0 amide bonds.